The maximum absolute atomic E-state index is 11.7. The molecule has 1 amide bonds. The predicted molar refractivity (Wildman–Crippen MR) is 80.8 cm³/mol. The molecule has 0 spiro atoms. The minimum absolute atomic E-state index is 0.0434. The van der Waals surface area contributed by atoms with E-state index in [0.717, 1.165) is 6.26 Å². The summed E-state index contributed by atoms with van der Waals surface area (Å²) in [7, 11) is -3.57. The van der Waals surface area contributed by atoms with Crippen molar-refractivity contribution in [2.24, 2.45) is 5.92 Å². The fourth-order valence-electron chi connectivity index (χ4n) is 1.50. The molecule has 0 aliphatic carbocycles. The molecule has 6 heteroatoms. The van der Waals surface area contributed by atoms with Crippen molar-refractivity contribution in [1.29, 1.82) is 0 Å². The Bertz CT molecular complexity index is 426. The quantitative estimate of drug-likeness (QED) is 0.495. The molecular formula is C14H25NO4S. The molecule has 20 heavy (non-hydrogen) atoms. The largest absolute Gasteiger partial charge is 0.356 e. The summed E-state index contributed by atoms with van der Waals surface area (Å²) >= 11 is 0. The summed E-state index contributed by atoms with van der Waals surface area (Å²) in [6.07, 6.45) is 6.77. The van der Waals surface area contributed by atoms with Crippen molar-refractivity contribution in [3.63, 3.8) is 0 Å². The fourth-order valence-corrected chi connectivity index (χ4v) is 2.16. The lowest BCUT2D eigenvalue weighted by molar-refractivity contribution is -0.122. The Morgan fingerprint density at radius 1 is 1.40 bits per heavy atom. The van der Waals surface area contributed by atoms with Gasteiger partial charge in [-0.3, -0.25) is 8.98 Å². The summed E-state index contributed by atoms with van der Waals surface area (Å²) in [5.41, 5.74) is 0. The summed E-state index contributed by atoms with van der Waals surface area (Å²) in [5, 5.41) is 2.75. The maximum Gasteiger partial charge on any atom is 0.264 e. The van der Waals surface area contributed by atoms with Gasteiger partial charge in [-0.05, 0) is 18.8 Å². The van der Waals surface area contributed by atoms with Crippen LogP contribution in [-0.2, 0) is 19.1 Å². The van der Waals surface area contributed by atoms with E-state index in [-0.39, 0.29) is 12.3 Å². The highest BCUT2D eigenvalue weighted by Crippen LogP contribution is 2.11. The van der Waals surface area contributed by atoms with Crippen LogP contribution in [0.2, 0.25) is 0 Å². The number of hydrogen-bond acceptors (Lipinski definition) is 4. The molecule has 0 aliphatic rings. The van der Waals surface area contributed by atoms with Crippen molar-refractivity contribution in [3.8, 4) is 0 Å². The summed E-state index contributed by atoms with van der Waals surface area (Å²) in [4.78, 5) is 11.7. The molecule has 0 fully saturated rings. The molecule has 0 bridgehead atoms. The van der Waals surface area contributed by atoms with Crippen LogP contribution in [0.25, 0.3) is 0 Å². The first-order valence-electron chi connectivity index (χ1n) is 6.67. The highest BCUT2D eigenvalue weighted by atomic mass is 32.2. The van der Waals surface area contributed by atoms with Crippen molar-refractivity contribution >= 4 is 16.0 Å². The van der Waals surface area contributed by atoms with Crippen molar-refractivity contribution < 1.29 is 17.4 Å². The van der Waals surface area contributed by atoms with E-state index in [2.05, 4.69) is 11.9 Å². The van der Waals surface area contributed by atoms with E-state index in [1.807, 2.05) is 19.9 Å². The molecule has 0 rings (SSSR count). The fraction of sp³-hybridized carbons (Fsp3) is 0.643. The van der Waals surface area contributed by atoms with Crippen molar-refractivity contribution in [1.82, 2.24) is 5.32 Å². The lowest BCUT2D eigenvalue weighted by Gasteiger charge is -2.16. The van der Waals surface area contributed by atoms with E-state index in [0.29, 0.717) is 25.3 Å². The maximum atomic E-state index is 11.7. The lowest BCUT2D eigenvalue weighted by Crippen LogP contribution is -2.32. The molecule has 1 unspecified atom stereocenters. The van der Waals surface area contributed by atoms with Gasteiger partial charge in [-0.1, -0.05) is 38.7 Å². The van der Waals surface area contributed by atoms with Gasteiger partial charge in [0.25, 0.3) is 10.1 Å². The number of nitrogens with one attached hydrogen (secondary N) is 1. The Morgan fingerprint density at radius 3 is 2.55 bits per heavy atom. The molecule has 0 saturated carbocycles. The first kappa shape index (κ1) is 18.9. The second-order valence-electron chi connectivity index (χ2n) is 5.07. The molecule has 0 aromatic heterocycles. The van der Waals surface area contributed by atoms with Crippen molar-refractivity contribution in [3.05, 3.63) is 24.8 Å². The predicted octanol–water partition coefficient (Wildman–Crippen LogP) is 2.02. The molecule has 0 radical (unpaired) electrons. The van der Waals surface area contributed by atoms with Crippen LogP contribution in [0.5, 0.6) is 0 Å². The normalized spacial score (nSPS) is 13.6. The summed E-state index contributed by atoms with van der Waals surface area (Å²) < 4.78 is 27.3. The molecule has 0 aromatic carbocycles. The second-order valence-corrected chi connectivity index (χ2v) is 6.67. The lowest BCUT2D eigenvalue weighted by atomic mass is 10.1. The number of allylic oxidation sites excluding steroid dienone is 3. The number of rotatable bonds is 10. The molecule has 0 aromatic rings. The SMILES string of the molecule is C=CC=CCCC(CC(=O)NCC(C)C)OS(C)(=O)=O. The van der Waals surface area contributed by atoms with Gasteiger partial charge in [-0.2, -0.15) is 8.42 Å². The Balaban J connectivity index is 4.40. The second kappa shape index (κ2) is 9.72. The minimum atomic E-state index is -3.57. The summed E-state index contributed by atoms with van der Waals surface area (Å²) in [5.74, 6) is 0.156. The van der Waals surface area contributed by atoms with Crippen molar-refractivity contribution in [2.45, 2.75) is 39.2 Å². The van der Waals surface area contributed by atoms with E-state index in [1.54, 1.807) is 12.2 Å². The zero-order chi connectivity index (χ0) is 15.6. The van der Waals surface area contributed by atoms with E-state index < -0.39 is 16.2 Å². The monoisotopic (exact) mass is 303 g/mol. The standard InChI is InChI=1S/C14H25NO4S/c1-5-6-7-8-9-13(19-20(4,17)18)10-14(16)15-11-12(2)3/h5-7,12-13H,1,8-11H2,2-4H3,(H,15,16). The van der Waals surface area contributed by atoms with Crippen LogP contribution < -0.4 is 5.32 Å². The molecule has 116 valence electrons. The van der Waals surface area contributed by atoms with Crippen LogP contribution in [0.1, 0.15) is 33.1 Å². The van der Waals surface area contributed by atoms with Gasteiger partial charge in [0.05, 0.1) is 18.8 Å². The molecular weight excluding hydrogens is 278 g/mol. The third kappa shape index (κ3) is 11.9. The highest BCUT2D eigenvalue weighted by molar-refractivity contribution is 7.86. The molecule has 5 nitrogen and oxygen atoms in total. The van der Waals surface area contributed by atoms with Gasteiger partial charge in [-0.25, -0.2) is 0 Å². The Morgan fingerprint density at radius 2 is 2.05 bits per heavy atom. The zero-order valence-electron chi connectivity index (χ0n) is 12.5. The highest BCUT2D eigenvalue weighted by Gasteiger charge is 2.18. The van der Waals surface area contributed by atoms with Gasteiger partial charge >= 0.3 is 0 Å². The third-order valence-corrected chi connectivity index (χ3v) is 2.98. The zero-order valence-corrected chi connectivity index (χ0v) is 13.3. The Hall–Kier alpha value is -1.14. The van der Waals surface area contributed by atoms with E-state index in [9.17, 15) is 13.2 Å². The smallest absolute Gasteiger partial charge is 0.264 e. The van der Waals surface area contributed by atoms with Gasteiger partial charge in [0, 0.05) is 6.54 Å². The minimum Gasteiger partial charge on any atom is -0.356 e. The van der Waals surface area contributed by atoms with Gasteiger partial charge in [-0.15, -0.1) is 0 Å². The summed E-state index contributed by atoms with van der Waals surface area (Å²) in [6, 6.07) is 0. The van der Waals surface area contributed by atoms with Crippen LogP contribution in [0.4, 0.5) is 0 Å². The van der Waals surface area contributed by atoms with Crippen LogP contribution in [0.15, 0.2) is 24.8 Å². The van der Waals surface area contributed by atoms with Crippen LogP contribution in [-0.4, -0.2) is 33.2 Å². The number of amides is 1. The molecule has 1 atom stereocenters. The molecule has 1 N–H and O–H groups in total. The van der Waals surface area contributed by atoms with Crippen LogP contribution >= 0.6 is 0 Å². The molecule has 0 saturated heterocycles. The first-order chi connectivity index (χ1) is 9.24. The average Bonchev–Trinajstić information content (AvgIpc) is 2.30. The van der Waals surface area contributed by atoms with Gasteiger partial charge in [0.2, 0.25) is 5.91 Å². The summed E-state index contributed by atoms with van der Waals surface area (Å²) in [6.45, 7) is 8.10. The van der Waals surface area contributed by atoms with Gasteiger partial charge < -0.3 is 5.32 Å². The number of carbonyl (C=O) groups is 1. The topological polar surface area (TPSA) is 72.5 Å². The van der Waals surface area contributed by atoms with Gasteiger partial charge in [0.15, 0.2) is 0 Å². The number of carbonyl (C=O) groups excluding carboxylic acids is 1. The first-order valence-corrected chi connectivity index (χ1v) is 8.48. The van der Waals surface area contributed by atoms with Crippen LogP contribution in [0, 0.1) is 5.92 Å². The van der Waals surface area contributed by atoms with E-state index >= 15 is 0 Å². The average molecular weight is 303 g/mol. The third-order valence-electron chi connectivity index (χ3n) is 2.36. The molecule has 0 aliphatic heterocycles. The Labute approximate surface area is 122 Å². The Kier molecular flexibility index (Phi) is 9.16. The van der Waals surface area contributed by atoms with Gasteiger partial charge in [0.1, 0.15) is 0 Å². The van der Waals surface area contributed by atoms with E-state index in [4.69, 9.17) is 4.18 Å². The van der Waals surface area contributed by atoms with Crippen molar-refractivity contribution in [2.75, 3.05) is 12.8 Å². The number of hydrogen-bond donors (Lipinski definition) is 1. The van der Waals surface area contributed by atoms with E-state index in [1.165, 1.54) is 0 Å². The van der Waals surface area contributed by atoms with Crippen LogP contribution in [0.3, 0.4) is 0 Å². The molecule has 0 heterocycles.